The molecule has 3 nitrogen and oxygen atoms in total. The number of furan rings is 1. The molecule has 1 aromatic heterocycles. The smallest absolute Gasteiger partial charge is 0.117 e. The minimum Gasteiger partial charge on any atom is -0.468 e. The van der Waals surface area contributed by atoms with Crippen LogP contribution in [0.4, 0.5) is 0 Å². The molecule has 0 radical (unpaired) electrons. The molecule has 0 aliphatic rings. The molecule has 0 bridgehead atoms. The maximum absolute atomic E-state index is 8.64. The monoisotopic (exact) mass is 254 g/mol. The lowest BCUT2D eigenvalue weighted by Crippen LogP contribution is -2.23. The van der Waals surface area contributed by atoms with Crippen LogP contribution in [-0.2, 0) is 13.1 Å². The third kappa shape index (κ3) is 4.61. The predicted octanol–water partition coefficient (Wildman–Crippen LogP) is 3.59. The van der Waals surface area contributed by atoms with Crippen LogP contribution in [0.25, 0.3) is 0 Å². The highest BCUT2D eigenvalue weighted by atomic mass is 16.3. The van der Waals surface area contributed by atoms with Crippen molar-refractivity contribution in [3.8, 4) is 6.07 Å². The SMILES string of the molecule is N#CCCCN(Cc1ccccc1)Cc1ccco1. The maximum Gasteiger partial charge on any atom is 0.117 e. The van der Waals surface area contributed by atoms with Gasteiger partial charge in [-0.2, -0.15) is 5.26 Å². The Morgan fingerprint density at radius 3 is 2.58 bits per heavy atom. The number of unbranched alkanes of at least 4 members (excludes halogenated alkanes) is 1. The molecule has 1 heterocycles. The third-order valence-electron chi connectivity index (χ3n) is 2.97. The highest BCUT2D eigenvalue weighted by Crippen LogP contribution is 2.11. The fourth-order valence-corrected chi connectivity index (χ4v) is 2.06. The van der Waals surface area contributed by atoms with Gasteiger partial charge in [0.1, 0.15) is 5.76 Å². The molecule has 0 N–H and O–H groups in total. The van der Waals surface area contributed by atoms with Crippen molar-refractivity contribution < 1.29 is 4.42 Å². The van der Waals surface area contributed by atoms with E-state index in [1.165, 1.54) is 5.56 Å². The molecule has 1 aromatic carbocycles. The fourth-order valence-electron chi connectivity index (χ4n) is 2.06. The normalized spacial score (nSPS) is 10.5. The van der Waals surface area contributed by atoms with Gasteiger partial charge in [-0.15, -0.1) is 0 Å². The Kier molecular flexibility index (Phi) is 5.21. The van der Waals surface area contributed by atoms with Gasteiger partial charge in [-0.1, -0.05) is 30.3 Å². The van der Waals surface area contributed by atoms with Crippen LogP contribution in [0.15, 0.2) is 53.1 Å². The van der Waals surface area contributed by atoms with Crippen LogP contribution in [0.2, 0.25) is 0 Å². The first-order valence-corrected chi connectivity index (χ1v) is 6.54. The van der Waals surface area contributed by atoms with Crippen molar-refractivity contribution in [2.75, 3.05) is 6.54 Å². The standard InChI is InChI=1S/C16H18N2O/c17-10-4-5-11-18(14-16-9-6-12-19-16)13-15-7-2-1-3-8-15/h1-3,6-9,12H,4-5,11,13-14H2. The molecular weight excluding hydrogens is 236 g/mol. The zero-order valence-corrected chi connectivity index (χ0v) is 11.0. The van der Waals surface area contributed by atoms with Gasteiger partial charge >= 0.3 is 0 Å². The summed E-state index contributed by atoms with van der Waals surface area (Å²) >= 11 is 0. The van der Waals surface area contributed by atoms with E-state index in [1.54, 1.807) is 6.26 Å². The molecule has 0 atom stereocenters. The molecule has 98 valence electrons. The van der Waals surface area contributed by atoms with E-state index in [0.29, 0.717) is 6.42 Å². The summed E-state index contributed by atoms with van der Waals surface area (Å²) in [6, 6.07) is 16.5. The number of rotatable bonds is 7. The number of benzene rings is 1. The third-order valence-corrected chi connectivity index (χ3v) is 2.97. The maximum atomic E-state index is 8.64. The zero-order chi connectivity index (χ0) is 13.3. The Hall–Kier alpha value is -2.05. The Bertz CT molecular complexity index is 499. The van der Waals surface area contributed by atoms with Crippen LogP contribution in [0.3, 0.4) is 0 Å². The van der Waals surface area contributed by atoms with E-state index in [2.05, 4.69) is 35.2 Å². The average molecular weight is 254 g/mol. The molecular formula is C16H18N2O. The fraction of sp³-hybridized carbons (Fsp3) is 0.312. The Balaban J connectivity index is 1.95. The van der Waals surface area contributed by atoms with E-state index in [1.807, 2.05) is 18.2 Å². The summed E-state index contributed by atoms with van der Waals surface area (Å²) in [5.41, 5.74) is 1.28. The lowest BCUT2D eigenvalue weighted by molar-refractivity contribution is 0.233. The van der Waals surface area contributed by atoms with Gasteiger partial charge in [0.05, 0.1) is 18.9 Å². The van der Waals surface area contributed by atoms with E-state index in [4.69, 9.17) is 9.68 Å². The molecule has 0 fully saturated rings. The highest BCUT2D eigenvalue weighted by molar-refractivity contribution is 5.14. The van der Waals surface area contributed by atoms with Gasteiger partial charge in [0, 0.05) is 13.0 Å². The van der Waals surface area contributed by atoms with Gasteiger partial charge in [-0.25, -0.2) is 0 Å². The van der Waals surface area contributed by atoms with E-state index < -0.39 is 0 Å². The molecule has 0 saturated carbocycles. The quantitative estimate of drug-likeness (QED) is 0.709. The van der Waals surface area contributed by atoms with Crippen molar-refractivity contribution in [1.29, 1.82) is 5.26 Å². The van der Waals surface area contributed by atoms with Crippen LogP contribution < -0.4 is 0 Å². The second kappa shape index (κ2) is 7.40. The Morgan fingerprint density at radius 1 is 1.05 bits per heavy atom. The number of nitrogens with zero attached hydrogens (tertiary/aromatic N) is 2. The largest absolute Gasteiger partial charge is 0.468 e. The first-order chi connectivity index (χ1) is 9.38. The summed E-state index contributed by atoms with van der Waals surface area (Å²) in [5, 5.41) is 8.64. The summed E-state index contributed by atoms with van der Waals surface area (Å²) < 4.78 is 5.40. The van der Waals surface area contributed by atoms with Crippen LogP contribution in [-0.4, -0.2) is 11.4 Å². The zero-order valence-electron chi connectivity index (χ0n) is 11.0. The molecule has 0 aliphatic carbocycles. The summed E-state index contributed by atoms with van der Waals surface area (Å²) in [7, 11) is 0. The summed E-state index contributed by atoms with van der Waals surface area (Å²) in [6.45, 7) is 2.57. The summed E-state index contributed by atoms with van der Waals surface area (Å²) in [6.07, 6.45) is 3.19. The lowest BCUT2D eigenvalue weighted by atomic mass is 10.2. The lowest BCUT2D eigenvalue weighted by Gasteiger charge is -2.20. The molecule has 0 saturated heterocycles. The Labute approximate surface area is 114 Å². The van der Waals surface area contributed by atoms with Crippen molar-refractivity contribution >= 4 is 0 Å². The average Bonchev–Trinajstić information content (AvgIpc) is 2.93. The van der Waals surface area contributed by atoms with Gasteiger partial charge < -0.3 is 4.42 Å². The van der Waals surface area contributed by atoms with Crippen LogP contribution in [0.1, 0.15) is 24.2 Å². The Morgan fingerprint density at radius 2 is 1.89 bits per heavy atom. The molecule has 3 heteroatoms. The van der Waals surface area contributed by atoms with Crippen LogP contribution in [0.5, 0.6) is 0 Å². The van der Waals surface area contributed by atoms with Crippen molar-refractivity contribution in [2.24, 2.45) is 0 Å². The predicted molar refractivity (Wildman–Crippen MR) is 74.1 cm³/mol. The van der Waals surface area contributed by atoms with Crippen molar-refractivity contribution in [2.45, 2.75) is 25.9 Å². The molecule has 0 aliphatic heterocycles. The second-order valence-corrected chi connectivity index (χ2v) is 4.54. The van der Waals surface area contributed by atoms with E-state index >= 15 is 0 Å². The number of hydrogen-bond donors (Lipinski definition) is 0. The van der Waals surface area contributed by atoms with Crippen LogP contribution >= 0.6 is 0 Å². The van der Waals surface area contributed by atoms with Crippen LogP contribution in [0, 0.1) is 11.3 Å². The van der Waals surface area contributed by atoms with Gasteiger partial charge in [-0.3, -0.25) is 4.90 Å². The van der Waals surface area contributed by atoms with Gasteiger partial charge in [-0.05, 0) is 30.7 Å². The molecule has 0 unspecified atom stereocenters. The van der Waals surface area contributed by atoms with Crippen molar-refractivity contribution in [1.82, 2.24) is 4.90 Å². The minimum absolute atomic E-state index is 0.601. The van der Waals surface area contributed by atoms with Crippen molar-refractivity contribution in [3.63, 3.8) is 0 Å². The highest BCUT2D eigenvalue weighted by Gasteiger charge is 2.08. The molecule has 0 amide bonds. The van der Waals surface area contributed by atoms with Gasteiger partial charge in [0.2, 0.25) is 0 Å². The van der Waals surface area contributed by atoms with E-state index in [0.717, 1.165) is 31.8 Å². The first-order valence-electron chi connectivity index (χ1n) is 6.54. The van der Waals surface area contributed by atoms with Gasteiger partial charge in [0.25, 0.3) is 0 Å². The molecule has 2 aromatic rings. The van der Waals surface area contributed by atoms with Gasteiger partial charge in [0.15, 0.2) is 0 Å². The van der Waals surface area contributed by atoms with E-state index in [-0.39, 0.29) is 0 Å². The topological polar surface area (TPSA) is 40.2 Å². The molecule has 2 rings (SSSR count). The van der Waals surface area contributed by atoms with E-state index in [9.17, 15) is 0 Å². The second-order valence-electron chi connectivity index (χ2n) is 4.54. The molecule has 19 heavy (non-hydrogen) atoms. The minimum atomic E-state index is 0.601. The molecule has 0 spiro atoms. The summed E-state index contributed by atoms with van der Waals surface area (Å²) in [5.74, 6) is 0.966. The first kappa shape index (κ1) is 13.4. The summed E-state index contributed by atoms with van der Waals surface area (Å²) in [4.78, 5) is 2.31. The van der Waals surface area contributed by atoms with Crippen molar-refractivity contribution in [3.05, 3.63) is 60.1 Å². The number of hydrogen-bond acceptors (Lipinski definition) is 3. The number of nitriles is 1.